The summed E-state index contributed by atoms with van der Waals surface area (Å²) in [6, 6.07) is 0. The van der Waals surface area contributed by atoms with Gasteiger partial charge in [0.25, 0.3) is 0 Å². The summed E-state index contributed by atoms with van der Waals surface area (Å²) in [5.74, 6) is 0.591. The molecule has 1 aromatic rings. The third-order valence-corrected chi connectivity index (χ3v) is 1.24. The van der Waals surface area contributed by atoms with Crippen molar-refractivity contribution in [3.05, 3.63) is 18.4 Å². The second-order valence-electron chi connectivity index (χ2n) is 1.91. The highest BCUT2D eigenvalue weighted by molar-refractivity contribution is 5.92. The zero-order valence-electron chi connectivity index (χ0n) is 5.28. The van der Waals surface area contributed by atoms with Gasteiger partial charge in [-0.2, -0.15) is 0 Å². The molecule has 0 amide bonds. The summed E-state index contributed by atoms with van der Waals surface area (Å²) in [4.78, 5) is 7.93. The van der Waals surface area contributed by atoms with E-state index in [1.165, 1.54) is 12.7 Å². The van der Waals surface area contributed by atoms with Crippen molar-refractivity contribution in [1.29, 1.82) is 0 Å². The van der Waals surface area contributed by atoms with Gasteiger partial charge in [-0.05, 0) is 0 Å². The predicted octanol–water partition coefficient (Wildman–Crippen LogP) is 0.451. The van der Waals surface area contributed by atoms with Gasteiger partial charge in [0.1, 0.15) is 12.9 Å². The normalized spacial score (nSPS) is 16.6. The first-order valence-corrected chi connectivity index (χ1v) is 3.02. The van der Waals surface area contributed by atoms with Crippen LogP contribution < -0.4 is 0 Å². The lowest BCUT2D eigenvalue weighted by molar-refractivity contribution is 0.347. The molecular formula is C6H6N2O2. The topological polar surface area (TPSA) is 47.6 Å². The van der Waals surface area contributed by atoms with Crippen LogP contribution >= 0.6 is 0 Å². The van der Waals surface area contributed by atoms with E-state index in [1.807, 2.05) is 0 Å². The molecule has 4 heteroatoms. The Labute approximate surface area is 57.5 Å². The van der Waals surface area contributed by atoms with Gasteiger partial charge in [-0.25, -0.2) is 9.98 Å². The monoisotopic (exact) mass is 138 g/mol. The van der Waals surface area contributed by atoms with Gasteiger partial charge in [0, 0.05) is 0 Å². The van der Waals surface area contributed by atoms with Crippen LogP contribution in [0, 0.1) is 0 Å². The number of oxazole rings is 1. The Morgan fingerprint density at radius 1 is 1.50 bits per heavy atom. The minimum absolute atomic E-state index is 0.591. The Morgan fingerprint density at radius 2 is 2.50 bits per heavy atom. The van der Waals surface area contributed by atoms with Crippen LogP contribution in [0.15, 0.2) is 22.1 Å². The summed E-state index contributed by atoms with van der Waals surface area (Å²) < 4.78 is 9.88. The summed E-state index contributed by atoms with van der Waals surface area (Å²) in [6.45, 7) is 1.38. The summed E-state index contributed by atoms with van der Waals surface area (Å²) in [6.07, 6.45) is 2.88. The lowest BCUT2D eigenvalue weighted by Crippen LogP contribution is -2.00. The summed E-state index contributed by atoms with van der Waals surface area (Å²) in [5, 5.41) is 0. The smallest absolute Gasteiger partial charge is 0.238 e. The maximum absolute atomic E-state index is 5.12. The van der Waals surface area contributed by atoms with Crippen LogP contribution in [0.25, 0.3) is 0 Å². The Hall–Kier alpha value is -1.32. The fourth-order valence-electron chi connectivity index (χ4n) is 0.808. The van der Waals surface area contributed by atoms with Gasteiger partial charge in [-0.3, -0.25) is 0 Å². The van der Waals surface area contributed by atoms with E-state index >= 15 is 0 Å². The van der Waals surface area contributed by atoms with Crippen molar-refractivity contribution in [2.75, 3.05) is 13.2 Å². The van der Waals surface area contributed by atoms with Gasteiger partial charge in [0.05, 0.1) is 6.54 Å². The maximum Gasteiger partial charge on any atom is 0.238 e. The Bertz CT molecular complexity index is 240. The van der Waals surface area contributed by atoms with E-state index in [0.717, 1.165) is 6.54 Å². The highest BCUT2D eigenvalue weighted by Crippen LogP contribution is 2.03. The Morgan fingerprint density at radius 3 is 3.10 bits per heavy atom. The van der Waals surface area contributed by atoms with Crippen molar-refractivity contribution in [2.24, 2.45) is 4.99 Å². The van der Waals surface area contributed by atoms with E-state index in [9.17, 15) is 0 Å². The van der Waals surface area contributed by atoms with Crippen LogP contribution in [0.2, 0.25) is 0 Å². The highest BCUT2D eigenvalue weighted by atomic mass is 16.5. The van der Waals surface area contributed by atoms with E-state index in [1.54, 1.807) is 0 Å². The van der Waals surface area contributed by atoms with Crippen LogP contribution in [-0.4, -0.2) is 24.0 Å². The molecule has 0 radical (unpaired) electrons. The summed E-state index contributed by atoms with van der Waals surface area (Å²) in [5.41, 5.74) is 0.678. The molecule has 1 aliphatic rings. The molecule has 10 heavy (non-hydrogen) atoms. The molecule has 2 heterocycles. The molecule has 1 aromatic heterocycles. The van der Waals surface area contributed by atoms with E-state index in [0.29, 0.717) is 18.2 Å². The Kier molecular flexibility index (Phi) is 1.16. The molecule has 0 saturated carbocycles. The molecule has 0 spiro atoms. The van der Waals surface area contributed by atoms with Crippen molar-refractivity contribution < 1.29 is 9.15 Å². The van der Waals surface area contributed by atoms with Crippen molar-refractivity contribution in [1.82, 2.24) is 4.98 Å². The summed E-state index contributed by atoms with van der Waals surface area (Å²) in [7, 11) is 0. The first-order valence-electron chi connectivity index (χ1n) is 3.02. The number of ether oxygens (including phenoxy) is 1. The zero-order valence-corrected chi connectivity index (χ0v) is 5.28. The van der Waals surface area contributed by atoms with Crippen LogP contribution in [-0.2, 0) is 4.74 Å². The molecule has 0 aromatic carbocycles. The van der Waals surface area contributed by atoms with E-state index in [2.05, 4.69) is 9.98 Å². The quantitative estimate of drug-likeness (QED) is 0.566. The summed E-state index contributed by atoms with van der Waals surface area (Å²) >= 11 is 0. The van der Waals surface area contributed by atoms with Crippen LogP contribution in [0.3, 0.4) is 0 Å². The second-order valence-corrected chi connectivity index (χ2v) is 1.91. The molecule has 0 saturated heterocycles. The number of nitrogens with zero attached hydrogens (tertiary/aromatic N) is 2. The van der Waals surface area contributed by atoms with Crippen LogP contribution in [0.4, 0.5) is 0 Å². The molecule has 0 aliphatic carbocycles. The lowest BCUT2D eigenvalue weighted by atomic mass is 10.5. The van der Waals surface area contributed by atoms with Gasteiger partial charge in [0.15, 0.2) is 12.1 Å². The van der Waals surface area contributed by atoms with Crippen molar-refractivity contribution in [2.45, 2.75) is 0 Å². The van der Waals surface area contributed by atoms with Gasteiger partial charge >= 0.3 is 0 Å². The highest BCUT2D eigenvalue weighted by Gasteiger charge is 2.11. The number of aliphatic imine (C=N–C) groups is 1. The molecule has 0 N–H and O–H groups in total. The van der Waals surface area contributed by atoms with Crippen molar-refractivity contribution >= 4 is 5.90 Å². The molecule has 0 fully saturated rings. The first-order chi connectivity index (χ1) is 4.97. The van der Waals surface area contributed by atoms with E-state index in [-0.39, 0.29) is 0 Å². The third kappa shape index (κ3) is 0.775. The molecule has 0 atom stereocenters. The fourth-order valence-corrected chi connectivity index (χ4v) is 0.808. The maximum atomic E-state index is 5.12. The minimum atomic E-state index is 0.591. The van der Waals surface area contributed by atoms with Crippen molar-refractivity contribution in [3.63, 3.8) is 0 Å². The van der Waals surface area contributed by atoms with Crippen LogP contribution in [0.5, 0.6) is 0 Å². The Balaban J connectivity index is 2.28. The van der Waals surface area contributed by atoms with E-state index < -0.39 is 0 Å². The number of rotatable bonds is 1. The lowest BCUT2D eigenvalue weighted by Gasteiger charge is -1.92. The SMILES string of the molecule is c1nc(C2=NCCO2)co1. The predicted molar refractivity (Wildman–Crippen MR) is 33.9 cm³/mol. The zero-order chi connectivity index (χ0) is 6.81. The molecular weight excluding hydrogens is 132 g/mol. The first kappa shape index (κ1) is 5.46. The minimum Gasteiger partial charge on any atom is -0.474 e. The van der Waals surface area contributed by atoms with Gasteiger partial charge < -0.3 is 9.15 Å². The molecule has 0 unspecified atom stereocenters. The average molecular weight is 138 g/mol. The largest absolute Gasteiger partial charge is 0.474 e. The molecule has 4 nitrogen and oxygen atoms in total. The fraction of sp³-hybridized carbons (Fsp3) is 0.333. The molecule has 0 bridgehead atoms. The molecule has 1 aliphatic heterocycles. The molecule has 2 rings (SSSR count). The number of hydrogen-bond donors (Lipinski definition) is 0. The van der Waals surface area contributed by atoms with Gasteiger partial charge in [0.2, 0.25) is 5.90 Å². The number of aromatic nitrogens is 1. The average Bonchev–Trinajstić information content (AvgIpc) is 2.59. The van der Waals surface area contributed by atoms with Crippen molar-refractivity contribution in [3.8, 4) is 0 Å². The van der Waals surface area contributed by atoms with E-state index in [4.69, 9.17) is 9.15 Å². The number of hydrogen-bond acceptors (Lipinski definition) is 4. The van der Waals surface area contributed by atoms with Gasteiger partial charge in [-0.15, -0.1) is 0 Å². The van der Waals surface area contributed by atoms with Gasteiger partial charge in [-0.1, -0.05) is 0 Å². The van der Waals surface area contributed by atoms with Crippen LogP contribution in [0.1, 0.15) is 5.69 Å². The third-order valence-electron chi connectivity index (χ3n) is 1.24. The second kappa shape index (κ2) is 2.13. The molecule has 52 valence electrons. The standard InChI is InChI=1S/C6H6N2O2/c1-2-10-6(7-1)5-3-9-4-8-5/h3-4H,1-2H2.